The first-order valence-corrected chi connectivity index (χ1v) is 4.75. The van der Waals surface area contributed by atoms with E-state index in [1.165, 1.54) is 19.1 Å². The zero-order valence-electron chi connectivity index (χ0n) is 7.28. The number of Topliss-reactive ketones (excluding diaryl/α,β-unsaturated/α-hetero) is 1. The van der Waals surface area contributed by atoms with Crippen molar-refractivity contribution in [3.63, 3.8) is 0 Å². The number of anilines is 1. The van der Waals surface area contributed by atoms with Crippen molar-refractivity contribution in [2.24, 2.45) is 0 Å². The van der Waals surface area contributed by atoms with Gasteiger partial charge in [-0.3, -0.25) is 14.9 Å². The highest BCUT2D eigenvalue weighted by atomic mass is 127. The SMILES string of the molecule is CC(=O)c1cc(I)cc([N+](=O)[O-])c1N. The zero-order chi connectivity index (χ0) is 10.9. The number of rotatable bonds is 2. The summed E-state index contributed by atoms with van der Waals surface area (Å²) in [5.74, 6) is -0.274. The Labute approximate surface area is 93.6 Å². The molecular weight excluding hydrogens is 299 g/mol. The minimum Gasteiger partial charge on any atom is -0.393 e. The minimum atomic E-state index is -0.593. The number of nitrogens with two attached hydrogens (primary N) is 1. The average Bonchev–Trinajstić information content (AvgIpc) is 2.07. The number of hydrogen-bond donors (Lipinski definition) is 1. The van der Waals surface area contributed by atoms with Crippen LogP contribution in [0.4, 0.5) is 11.4 Å². The van der Waals surface area contributed by atoms with Gasteiger partial charge in [-0.05, 0) is 35.6 Å². The van der Waals surface area contributed by atoms with E-state index in [0.717, 1.165) is 0 Å². The molecule has 1 rings (SSSR count). The lowest BCUT2D eigenvalue weighted by atomic mass is 10.1. The molecule has 1 aromatic rings. The van der Waals surface area contributed by atoms with E-state index in [0.29, 0.717) is 3.57 Å². The second kappa shape index (κ2) is 3.91. The normalized spacial score (nSPS) is 9.86. The van der Waals surface area contributed by atoms with Crippen molar-refractivity contribution >= 4 is 39.7 Å². The molecule has 0 heterocycles. The smallest absolute Gasteiger partial charge is 0.293 e. The summed E-state index contributed by atoms with van der Waals surface area (Å²) in [7, 11) is 0. The molecule has 0 spiro atoms. The molecule has 0 bridgehead atoms. The van der Waals surface area contributed by atoms with Crippen molar-refractivity contribution in [3.8, 4) is 0 Å². The quantitative estimate of drug-likeness (QED) is 0.298. The average molecular weight is 306 g/mol. The largest absolute Gasteiger partial charge is 0.393 e. The number of carbonyl (C=O) groups excluding carboxylic acids is 1. The molecule has 2 N–H and O–H groups in total. The van der Waals surface area contributed by atoms with Crippen LogP contribution >= 0.6 is 22.6 Å². The van der Waals surface area contributed by atoms with Crippen LogP contribution in [0.5, 0.6) is 0 Å². The Morgan fingerprint density at radius 3 is 2.57 bits per heavy atom. The molecule has 0 radical (unpaired) electrons. The molecule has 0 aliphatic heterocycles. The molecule has 0 aliphatic carbocycles. The molecule has 74 valence electrons. The van der Waals surface area contributed by atoms with Crippen LogP contribution in [0.2, 0.25) is 0 Å². The van der Waals surface area contributed by atoms with Gasteiger partial charge in [-0.2, -0.15) is 0 Å². The number of carbonyl (C=O) groups is 1. The molecule has 0 saturated heterocycles. The Morgan fingerprint density at radius 1 is 1.57 bits per heavy atom. The monoisotopic (exact) mass is 306 g/mol. The van der Waals surface area contributed by atoms with Gasteiger partial charge in [0.2, 0.25) is 0 Å². The van der Waals surface area contributed by atoms with Gasteiger partial charge in [0, 0.05) is 15.2 Å². The summed E-state index contributed by atoms with van der Waals surface area (Å²) < 4.78 is 0.619. The molecule has 0 aromatic heterocycles. The molecule has 0 unspecified atom stereocenters. The molecule has 0 saturated carbocycles. The summed E-state index contributed by atoms with van der Waals surface area (Å²) >= 11 is 1.90. The van der Waals surface area contributed by atoms with Crippen LogP contribution in [0.3, 0.4) is 0 Å². The lowest BCUT2D eigenvalue weighted by molar-refractivity contribution is -0.384. The van der Waals surface area contributed by atoms with E-state index < -0.39 is 4.92 Å². The van der Waals surface area contributed by atoms with E-state index in [1.807, 2.05) is 22.6 Å². The van der Waals surface area contributed by atoms with Gasteiger partial charge in [0.25, 0.3) is 5.69 Å². The van der Waals surface area contributed by atoms with E-state index >= 15 is 0 Å². The van der Waals surface area contributed by atoms with Crippen molar-refractivity contribution < 1.29 is 9.72 Å². The lowest BCUT2D eigenvalue weighted by Crippen LogP contribution is -2.04. The maximum absolute atomic E-state index is 11.1. The molecule has 0 amide bonds. The van der Waals surface area contributed by atoms with Crippen LogP contribution in [0, 0.1) is 13.7 Å². The highest BCUT2D eigenvalue weighted by molar-refractivity contribution is 14.1. The molecule has 6 heteroatoms. The van der Waals surface area contributed by atoms with Crippen LogP contribution < -0.4 is 5.73 Å². The van der Waals surface area contributed by atoms with Crippen LogP contribution in [-0.2, 0) is 0 Å². The Balaban J connectivity index is 3.47. The third-order valence-corrected chi connectivity index (χ3v) is 2.32. The van der Waals surface area contributed by atoms with Gasteiger partial charge in [-0.1, -0.05) is 0 Å². The van der Waals surface area contributed by atoms with Crippen LogP contribution in [-0.4, -0.2) is 10.7 Å². The molecule has 14 heavy (non-hydrogen) atoms. The van der Waals surface area contributed by atoms with Crippen molar-refractivity contribution in [1.29, 1.82) is 0 Å². The van der Waals surface area contributed by atoms with Crippen LogP contribution in [0.15, 0.2) is 12.1 Å². The predicted molar refractivity (Wildman–Crippen MR) is 60.2 cm³/mol. The molecule has 0 atom stereocenters. The Kier molecular flexibility index (Phi) is 3.04. The number of nitro benzene ring substituents is 1. The van der Waals surface area contributed by atoms with E-state index in [2.05, 4.69) is 0 Å². The first-order valence-electron chi connectivity index (χ1n) is 3.68. The third-order valence-electron chi connectivity index (χ3n) is 1.70. The summed E-state index contributed by atoms with van der Waals surface area (Å²) in [6.45, 7) is 1.32. The fraction of sp³-hybridized carbons (Fsp3) is 0.125. The summed E-state index contributed by atoms with van der Waals surface area (Å²) in [5, 5.41) is 10.6. The number of benzene rings is 1. The topological polar surface area (TPSA) is 86.2 Å². The van der Waals surface area contributed by atoms with Gasteiger partial charge >= 0.3 is 0 Å². The highest BCUT2D eigenvalue weighted by Crippen LogP contribution is 2.28. The molecule has 1 aromatic carbocycles. The predicted octanol–water partition coefficient (Wildman–Crippen LogP) is 1.98. The van der Waals surface area contributed by atoms with E-state index in [4.69, 9.17) is 5.73 Å². The molecule has 5 nitrogen and oxygen atoms in total. The van der Waals surface area contributed by atoms with Crippen molar-refractivity contribution in [3.05, 3.63) is 31.4 Å². The first kappa shape index (κ1) is 10.9. The third kappa shape index (κ3) is 2.00. The fourth-order valence-electron chi connectivity index (χ4n) is 1.05. The number of halogens is 1. The molecule has 0 aliphatic rings. The summed E-state index contributed by atoms with van der Waals surface area (Å²) in [4.78, 5) is 21.1. The van der Waals surface area contributed by atoms with Gasteiger partial charge in [-0.25, -0.2) is 0 Å². The zero-order valence-corrected chi connectivity index (χ0v) is 9.44. The summed E-state index contributed by atoms with van der Waals surface area (Å²) in [6.07, 6.45) is 0. The Morgan fingerprint density at radius 2 is 2.14 bits per heavy atom. The van der Waals surface area contributed by atoms with E-state index in [1.54, 1.807) is 0 Å². The van der Waals surface area contributed by atoms with Crippen molar-refractivity contribution in [2.75, 3.05) is 5.73 Å². The van der Waals surface area contributed by atoms with Crippen LogP contribution in [0.25, 0.3) is 0 Å². The number of ketones is 1. The number of hydrogen-bond acceptors (Lipinski definition) is 4. The summed E-state index contributed by atoms with van der Waals surface area (Å²) in [5.41, 5.74) is 5.40. The van der Waals surface area contributed by atoms with Gasteiger partial charge in [0.05, 0.1) is 4.92 Å². The van der Waals surface area contributed by atoms with Gasteiger partial charge in [-0.15, -0.1) is 0 Å². The van der Waals surface area contributed by atoms with Crippen molar-refractivity contribution in [2.45, 2.75) is 6.92 Å². The van der Waals surface area contributed by atoms with E-state index in [9.17, 15) is 14.9 Å². The summed E-state index contributed by atoms with van der Waals surface area (Å²) in [6, 6.07) is 2.87. The lowest BCUT2D eigenvalue weighted by Gasteiger charge is -2.03. The van der Waals surface area contributed by atoms with Gasteiger partial charge < -0.3 is 5.73 Å². The van der Waals surface area contributed by atoms with Crippen molar-refractivity contribution in [1.82, 2.24) is 0 Å². The fourth-order valence-corrected chi connectivity index (χ4v) is 1.65. The number of nitrogen functional groups attached to an aromatic ring is 1. The van der Waals surface area contributed by atoms with E-state index in [-0.39, 0.29) is 22.7 Å². The van der Waals surface area contributed by atoms with Gasteiger partial charge in [0.15, 0.2) is 5.78 Å². The second-order valence-corrected chi connectivity index (χ2v) is 3.95. The number of nitro groups is 1. The minimum absolute atomic E-state index is 0.0667. The molecule has 0 fully saturated rings. The Bertz CT molecular complexity index is 382. The maximum Gasteiger partial charge on any atom is 0.293 e. The standard InChI is InChI=1S/C8H7IN2O3/c1-4(12)6-2-5(9)3-7(8(6)10)11(13)14/h2-3H,10H2,1H3. The Hall–Kier alpha value is -1.18. The van der Waals surface area contributed by atoms with Crippen LogP contribution in [0.1, 0.15) is 17.3 Å². The number of nitrogens with zero attached hydrogens (tertiary/aromatic N) is 1. The molecular formula is C8H7IN2O3. The second-order valence-electron chi connectivity index (χ2n) is 2.70. The first-order chi connectivity index (χ1) is 6.43. The van der Waals surface area contributed by atoms with Gasteiger partial charge in [0.1, 0.15) is 5.69 Å². The maximum atomic E-state index is 11.1. The highest BCUT2D eigenvalue weighted by Gasteiger charge is 2.18.